The molecule has 0 saturated carbocycles. The predicted molar refractivity (Wildman–Crippen MR) is 161 cm³/mol. The largest absolute Gasteiger partial charge is 0.457 e. The van der Waals surface area contributed by atoms with Crippen LogP contribution in [0.3, 0.4) is 0 Å². The minimum absolute atomic E-state index is 0.0372. The van der Waals surface area contributed by atoms with E-state index in [0.29, 0.717) is 48.4 Å². The molecule has 2 aromatic rings. The number of nitro benzene ring substituents is 2. The number of anilines is 2. The Morgan fingerprint density at radius 3 is 2.39 bits per heavy atom. The van der Waals surface area contributed by atoms with Crippen molar-refractivity contribution in [3.63, 3.8) is 0 Å². The van der Waals surface area contributed by atoms with E-state index >= 15 is 0 Å². The second kappa shape index (κ2) is 11.6. The molecule has 41 heavy (non-hydrogen) atoms. The van der Waals surface area contributed by atoms with Crippen molar-refractivity contribution in [2.45, 2.75) is 39.5 Å². The summed E-state index contributed by atoms with van der Waals surface area (Å²) in [6.07, 6.45) is 11.5. The number of non-ortho nitro benzene ring substituents is 2. The summed E-state index contributed by atoms with van der Waals surface area (Å²) in [5.74, 6) is 1.93. The maximum Gasteiger partial charge on any atom is 0.273 e. The van der Waals surface area contributed by atoms with Gasteiger partial charge in [0.2, 0.25) is 0 Å². The van der Waals surface area contributed by atoms with Gasteiger partial charge in [-0.1, -0.05) is 42.5 Å². The summed E-state index contributed by atoms with van der Waals surface area (Å²) < 4.78 is 6.07. The first-order valence-corrected chi connectivity index (χ1v) is 14.0. The van der Waals surface area contributed by atoms with Crippen LogP contribution in [-0.2, 0) is 0 Å². The average Bonchev–Trinajstić information content (AvgIpc) is 3.58. The van der Waals surface area contributed by atoms with Gasteiger partial charge >= 0.3 is 0 Å². The maximum absolute atomic E-state index is 11.6. The number of fused-ring (bicyclic) bond motifs is 1. The molecule has 2 aliphatic carbocycles. The molecule has 0 spiro atoms. The van der Waals surface area contributed by atoms with Gasteiger partial charge in [-0.2, -0.15) is 0 Å². The Bertz CT molecular complexity index is 1550. The quantitative estimate of drug-likeness (QED) is 0.169. The van der Waals surface area contributed by atoms with Crippen molar-refractivity contribution in [1.82, 2.24) is 0 Å². The molecule has 9 nitrogen and oxygen atoms in total. The van der Waals surface area contributed by atoms with Crippen LogP contribution in [0.2, 0.25) is 0 Å². The van der Waals surface area contributed by atoms with Crippen molar-refractivity contribution in [2.75, 3.05) is 22.9 Å². The number of nitro groups is 2. The number of hydrogen-bond donors (Lipinski definition) is 0. The molecule has 0 radical (unpaired) electrons. The zero-order chi connectivity index (χ0) is 29.3. The van der Waals surface area contributed by atoms with Crippen molar-refractivity contribution in [3.05, 3.63) is 121 Å². The molecule has 0 fully saturated rings. The van der Waals surface area contributed by atoms with Crippen LogP contribution >= 0.6 is 11.6 Å². The van der Waals surface area contributed by atoms with Crippen LogP contribution in [-0.4, -0.2) is 22.9 Å². The SMILES string of the molecule is C=C(Oc1cc([N+](=O)[O-])ccc1C)C1=C(Cl)/C(=C2\N(CC)c3cc([N+](=O)[O-])ccc3N2CCC2C=CC=C2)CCC1. The van der Waals surface area contributed by atoms with Gasteiger partial charge in [-0.15, -0.1) is 0 Å². The van der Waals surface area contributed by atoms with Gasteiger partial charge in [-0.05, 0) is 63.1 Å². The fourth-order valence-electron chi connectivity index (χ4n) is 5.59. The smallest absolute Gasteiger partial charge is 0.273 e. The first-order valence-electron chi connectivity index (χ1n) is 13.6. The molecular weight excluding hydrogens is 544 g/mol. The van der Waals surface area contributed by atoms with E-state index in [1.54, 1.807) is 18.2 Å². The lowest BCUT2D eigenvalue weighted by Gasteiger charge is -2.31. The Labute approximate surface area is 243 Å². The molecule has 0 unspecified atom stereocenters. The lowest BCUT2D eigenvalue weighted by atomic mass is 9.93. The first kappa shape index (κ1) is 28.2. The molecule has 0 bridgehead atoms. The Morgan fingerprint density at radius 1 is 1.02 bits per heavy atom. The van der Waals surface area contributed by atoms with Gasteiger partial charge in [0.05, 0.1) is 32.3 Å². The molecule has 2 aromatic carbocycles. The summed E-state index contributed by atoms with van der Waals surface area (Å²) in [7, 11) is 0. The zero-order valence-electron chi connectivity index (χ0n) is 23.0. The van der Waals surface area contributed by atoms with Gasteiger partial charge < -0.3 is 14.5 Å². The Hall–Kier alpha value is -4.37. The van der Waals surface area contributed by atoms with Crippen LogP contribution in [0.4, 0.5) is 22.7 Å². The summed E-state index contributed by atoms with van der Waals surface area (Å²) in [5, 5.41) is 23.5. The molecule has 212 valence electrons. The van der Waals surface area contributed by atoms with Crippen LogP contribution in [0.15, 0.2) is 95.0 Å². The van der Waals surface area contributed by atoms with E-state index < -0.39 is 4.92 Å². The first-order chi connectivity index (χ1) is 19.7. The minimum Gasteiger partial charge on any atom is -0.457 e. The molecule has 0 amide bonds. The van der Waals surface area contributed by atoms with E-state index in [1.807, 2.05) is 32.1 Å². The number of ether oxygens (including phenoxy) is 1. The van der Waals surface area contributed by atoms with Crippen molar-refractivity contribution >= 4 is 34.4 Å². The summed E-state index contributed by atoms with van der Waals surface area (Å²) >= 11 is 7.14. The van der Waals surface area contributed by atoms with Crippen LogP contribution in [0, 0.1) is 33.1 Å². The van der Waals surface area contributed by atoms with Gasteiger partial charge in [0.25, 0.3) is 11.4 Å². The molecule has 0 saturated heterocycles. The van der Waals surface area contributed by atoms with Crippen LogP contribution in [0.1, 0.15) is 38.2 Å². The molecular formula is C31H31ClN4O5. The van der Waals surface area contributed by atoms with Crippen molar-refractivity contribution in [1.29, 1.82) is 0 Å². The predicted octanol–water partition coefficient (Wildman–Crippen LogP) is 8.07. The number of hydrogen-bond acceptors (Lipinski definition) is 7. The van der Waals surface area contributed by atoms with Crippen molar-refractivity contribution in [3.8, 4) is 5.75 Å². The highest BCUT2D eigenvalue weighted by Gasteiger charge is 2.36. The third-order valence-corrected chi connectivity index (χ3v) is 8.15. The topological polar surface area (TPSA) is 102 Å². The summed E-state index contributed by atoms with van der Waals surface area (Å²) in [6, 6.07) is 9.47. The molecule has 10 heteroatoms. The lowest BCUT2D eigenvalue weighted by Crippen LogP contribution is -2.32. The van der Waals surface area contributed by atoms with E-state index in [9.17, 15) is 20.2 Å². The third-order valence-electron chi connectivity index (χ3n) is 7.70. The van der Waals surface area contributed by atoms with E-state index in [2.05, 4.69) is 28.5 Å². The molecule has 0 atom stereocenters. The normalized spacial score (nSPS) is 18.3. The lowest BCUT2D eigenvalue weighted by molar-refractivity contribution is -0.385. The highest BCUT2D eigenvalue weighted by Crippen LogP contribution is 2.48. The molecule has 1 heterocycles. The zero-order valence-corrected chi connectivity index (χ0v) is 23.8. The van der Waals surface area contributed by atoms with E-state index in [4.69, 9.17) is 16.3 Å². The standard InChI is InChI=1S/C31H31ClN4O5/c1-4-33-28-18-23(35(37)38)14-15-27(28)34(17-16-22-8-5-6-9-22)31(33)26-11-7-10-25(30(26)32)21(3)41-29-19-24(36(39)40)13-12-20(29)2/h5-6,8-9,12-15,18-19,22H,3-4,7,10-11,16-17H2,1-2H3/b31-26+. The summed E-state index contributed by atoms with van der Waals surface area (Å²) in [5.41, 5.74) is 4.07. The Morgan fingerprint density at radius 2 is 1.71 bits per heavy atom. The molecule has 0 N–H and O–H groups in total. The fraction of sp³-hybridized carbons (Fsp3) is 0.290. The number of halogens is 1. The minimum atomic E-state index is -0.461. The van der Waals surface area contributed by atoms with Crippen LogP contribution in [0.25, 0.3) is 0 Å². The maximum atomic E-state index is 11.6. The van der Waals surface area contributed by atoms with Crippen molar-refractivity contribution < 1.29 is 14.6 Å². The second-order valence-corrected chi connectivity index (χ2v) is 10.6. The van der Waals surface area contributed by atoms with Crippen molar-refractivity contribution in [2.24, 2.45) is 5.92 Å². The number of benzene rings is 2. The molecule has 1 aliphatic heterocycles. The van der Waals surface area contributed by atoms with E-state index in [1.165, 1.54) is 12.1 Å². The van der Waals surface area contributed by atoms with Gasteiger partial charge in [0.1, 0.15) is 17.3 Å². The number of aryl methyl sites for hydroxylation is 1. The Balaban J connectivity index is 1.56. The summed E-state index contributed by atoms with van der Waals surface area (Å²) in [6.45, 7) is 9.27. The van der Waals surface area contributed by atoms with Crippen LogP contribution < -0.4 is 14.5 Å². The molecule has 3 aliphatic rings. The van der Waals surface area contributed by atoms with Gasteiger partial charge in [-0.25, -0.2) is 0 Å². The number of rotatable bonds is 9. The highest BCUT2D eigenvalue weighted by atomic mass is 35.5. The number of nitrogens with zero attached hydrogens (tertiary/aromatic N) is 4. The van der Waals surface area contributed by atoms with Gasteiger partial charge in [-0.3, -0.25) is 20.2 Å². The molecule has 0 aromatic heterocycles. The van der Waals surface area contributed by atoms with Crippen LogP contribution in [0.5, 0.6) is 5.75 Å². The van der Waals surface area contributed by atoms with Gasteiger partial charge in [0, 0.05) is 42.4 Å². The van der Waals surface area contributed by atoms with E-state index in [-0.39, 0.29) is 16.3 Å². The average molecular weight is 575 g/mol. The molecule has 5 rings (SSSR count). The van der Waals surface area contributed by atoms with E-state index in [0.717, 1.165) is 46.7 Å². The third kappa shape index (κ3) is 5.50. The Kier molecular flexibility index (Phi) is 7.99. The van der Waals surface area contributed by atoms with Gasteiger partial charge in [0.15, 0.2) is 0 Å². The second-order valence-electron chi connectivity index (χ2n) is 10.2. The highest BCUT2D eigenvalue weighted by molar-refractivity contribution is 6.33. The number of allylic oxidation sites excluding steroid dienone is 7. The fourth-order valence-corrected chi connectivity index (χ4v) is 5.97. The monoisotopic (exact) mass is 574 g/mol. The summed E-state index contributed by atoms with van der Waals surface area (Å²) in [4.78, 5) is 26.4.